The number of nitrogens with one attached hydrogen (secondary N) is 2. The number of thioether (sulfide) groups is 1. The van der Waals surface area contributed by atoms with Gasteiger partial charge in [-0.15, -0.1) is 0 Å². The lowest BCUT2D eigenvalue weighted by atomic mass is 9.98. The van der Waals surface area contributed by atoms with Crippen molar-refractivity contribution in [1.29, 1.82) is 0 Å². The maximum absolute atomic E-state index is 12.3. The van der Waals surface area contributed by atoms with Crippen LogP contribution >= 0.6 is 11.8 Å². The van der Waals surface area contributed by atoms with Gasteiger partial charge in [0.05, 0.1) is 0 Å². The highest BCUT2D eigenvalue weighted by atomic mass is 32.2. The largest absolute Gasteiger partial charge is 0.480 e. The molecule has 33 heavy (non-hydrogen) atoms. The summed E-state index contributed by atoms with van der Waals surface area (Å²) in [6.07, 6.45) is 2.40. The lowest BCUT2D eigenvalue weighted by Gasteiger charge is -2.15. The van der Waals surface area contributed by atoms with Gasteiger partial charge in [-0.2, -0.15) is 11.8 Å². The normalized spacial score (nSPS) is 19.2. The van der Waals surface area contributed by atoms with Gasteiger partial charge in [-0.3, -0.25) is 4.79 Å². The Balaban J connectivity index is 1.24. The number of carbonyl (C=O) groups excluding carboxylic acids is 2. The highest BCUT2D eigenvalue weighted by Gasteiger charge is 2.44. The van der Waals surface area contributed by atoms with Crippen LogP contribution in [0.15, 0.2) is 48.5 Å². The average molecular weight is 469 g/mol. The van der Waals surface area contributed by atoms with Gasteiger partial charge in [0, 0.05) is 18.4 Å². The van der Waals surface area contributed by atoms with E-state index in [0.717, 1.165) is 11.1 Å². The first-order valence-electron chi connectivity index (χ1n) is 11.1. The Morgan fingerprint density at radius 1 is 1.09 bits per heavy atom. The number of aliphatic carboxylic acids is 1. The van der Waals surface area contributed by atoms with Gasteiger partial charge in [-0.05, 0) is 53.0 Å². The summed E-state index contributed by atoms with van der Waals surface area (Å²) in [5, 5.41) is 14.6. The van der Waals surface area contributed by atoms with Crippen molar-refractivity contribution in [1.82, 2.24) is 10.6 Å². The molecule has 3 unspecified atom stereocenters. The Bertz CT molecular complexity index is 997. The van der Waals surface area contributed by atoms with E-state index in [2.05, 4.69) is 34.9 Å². The Kier molecular flexibility index (Phi) is 7.23. The van der Waals surface area contributed by atoms with Crippen molar-refractivity contribution >= 4 is 29.7 Å². The molecule has 0 aromatic heterocycles. The summed E-state index contributed by atoms with van der Waals surface area (Å²) >= 11 is 1.54. The zero-order valence-electron chi connectivity index (χ0n) is 18.5. The van der Waals surface area contributed by atoms with E-state index in [4.69, 9.17) is 4.74 Å². The minimum Gasteiger partial charge on any atom is -0.480 e. The molecule has 7 nitrogen and oxygen atoms in total. The van der Waals surface area contributed by atoms with Crippen LogP contribution in [0.3, 0.4) is 0 Å². The van der Waals surface area contributed by atoms with Crippen LogP contribution < -0.4 is 10.6 Å². The molecule has 174 valence electrons. The topological polar surface area (TPSA) is 105 Å². The molecule has 0 spiro atoms. The number of hydrogen-bond acceptors (Lipinski definition) is 5. The van der Waals surface area contributed by atoms with Crippen molar-refractivity contribution in [2.75, 3.05) is 25.2 Å². The SMILES string of the molecule is CSCCC(NC(=O)C1CC1CNC(=O)OCC1c2ccccc2-c2ccccc21)C(=O)O. The van der Waals surface area contributed by atoms with Gasteiger partial charge >= 0.3 is 12.1 Å². The van der Waals surface area contributed by atoms with Gasteiger partial charge in [0.2, 0.25) is 5.91 Å². The average Bonchev–Trinajstić information content (AvgIpc) is 3.54. The first-order chi connectivity index (χ1) is 16.0. The number of fused-ring (bicyclic) bond motifs is 3. The van der Waals surface area contributed by atoms with Crippen molar-refractivity contribution < 1.29 is 24.2 Å². The fourth-order valence-electron chi connectivity index (χ4n) is 4.43. The minimum atomic E-state index is -1.02. The minimum absolute atomic E-state index is 0.000442. The number of rotatable bonds is 10. The highest BCUT2D eigenvalue weighted by Crippen LogP contribution is 2.44. The van der Waals surface area contributed by atoms with E-state index >= 15 is 0 Å². The van der Waals surface area contributed by atoms with Crippen LogP contribution in [-0.4, -0.2) is 54.3 Å². The Hall–Kier alpha value is -3.00. The number of hydrogen-bond donors (Lipinski definition) is 3. The van der Waals surface area contributed by atoms with Gasteiger partial charge in [0.15, 0.2) is 0 Å². The van der Waals surface area contributed by atoms with E-state index in [9.17, 15) is 19.5 Å². The maximum atomic E-state index is 12.3. The van der Waals surface area contributed by atoms with Gasteiger partial charge in [-0.25, -0.2) is 9.59 Å². The molecule has 2 aliphatic rings. The van der Waals surface area contributed by atoms with Gasteiger partial charge in [0.25, 0.3) is 0 Å². The second kappa shape index (κ2) is 10.3. The molecule has 2 aromatic carbocycles. The third-order valence-corrected chi connectivity index (χ3v) is 6.98. The van der Waals surface area contributed by atoms with E-state index in [1.807, 2.05) is 30.5 Å². The monoisotopic (exact) mass is 468 g/mol. The zero-order chi connectivity index (χ0) is 23.4. The van der Waals surface area contributed by atoms with E-state index in [1.54, 1.807) is 11.8 Å². The van der Waals surface area contributed by atoms with E-state index in [-0.39, 0.29) is 30.3 Å². The predicted octanol–water partition coefficient (Wildman–Crippen LogP) is 3.48. The molecule has 2 aromatic rings. The van der Waals surface area contributed by atoms with Crippen LogP contribution in [0.5, 0.6) is 0 Å². The Labute approximate surface area is 197 Å². The predicted molar refractivity (Wildman–Crippen MR) is 127 cm³/mol. The number of carbonyl (C=O) groups is 3. The third-order valence-electron chi connectivity index (χ3n) is 6.34. The van der Waals surface area contributed by atoms with E-state index < -0.39 is 18.1 Å². The standard InChI is InChI=1S/C25H28N2O5S/c1-33-11-10-22(24(29)30)27-23(28)20-12-15(20)13-26-25(31)32-14-21-18-8-4-2-6-16(18)17-7-3-5-9-19(17)21/h2-9,15,20-22H,10-14H2,1H3,(H,26,31)(H,27,28)(H,29,30). The summed E-state index contributed by atoms with van der Waals surface area (Å²) in [7, 11) is 0. The van der Waals surface area contributed by atoms with E-state index in [0.29, 0.717) is 25.1 Å². The van der Waals surface area contributed by atoms with Crippen molar-refractivity contribution in [3.63, 3.8) is 0 Å². The van der Waals surface area contributed by atoms with Crippen LogP contribution in [0, 0.1) is 11.8 Å². The molecule has 2 aliphatic carbocycles. The highest BCUT2D eigenvalue weighted by molar-refractivity contribution is 7.98. The molecule has 0 aliphatic heterocycles. The summed E-state index contributed by atoms with van der Waals surface area (Å²) in [5.41, 5.74) is 4.65. The van der Waals surface area contributed by atoms with Crippen molar-refractivity contribution in [2.45, 2.75) is 24.8 Å². The van der Waals surface area contributed by atoms with Crippen LogP contribution in [-0.2, 0) is 14.3 Å². The number of carboxylic acids is 1. The quantitative estimate of drug-likeness (QED) is 0.493. The van der Waals surface area contributed by atoms with Gasteiger partial charge in [0.1, 0.15) is 12.6 Å². The molecular weight excluding hydrogens is 440 g/mol. The zero-order valence-corrected chi connectivity index (χ0v) is 19.3. The second-order valence-corrected chi connectivity index (χ2v) is 9.48. The number of ether oxygens (including phenoxy) is 1. The summed E-state index contributed by atoms with van der Waals surface area (Å²) in [5.74, 6) is -0.893. The molecule has 8 heteroatoms. The molecule has 2 amide bonds. The Morgan fingerprint density at radius 3 is 2.33 bits per heavy atom. The summed E-state index contributed by atoms with van der Waals surface area (Å²) in [4.78, 5) is 36.0. The summed E-state index contributed by atoms with van der Waals surface area (Å²) < 4.78 is 5.52. The maximum Gasteiger partial charge on any atom is 0.407 e. The van der Waals surface area contributed by atoms with E-state index in [1.165, 1.54) is 11.1 Å². The van der Waals surface area contributed by atoms with Crippen LogP contribution in [0.25, 0.3) is 11.1 Å². The fraction of sp³-hybridized carbons (Fsp3) is 0.400. The smallest absolute Gasteiger partial charge is 0.407 e. The van der Waals surface area contributed by atoms with Gasteiger partial charge < -0.3 is 20.5 Å². The molecule has 1 fully saturated rings. The first kappa shape index (κ1) is 23.2. The molecule has 3 N–H and O–H groups in total. The number of benzene rings is 2. The molecule has 0 radical (unpaired) electrons. The third kappa shape index (κ3) is 5.33. The number of carboxylic acid groups (broad SMARTS) is 1. The molecular formula is C25H28N2O5S. The van der Waals surface area contributed by atoms with Crippen molar-refractivity contribution in [3.8, 4) is 11.1 Å². The molecule has 4 rings (SSSR count). The van der Waals surface area contributed by atoms with Gasteiger partial charge in [-0.1, -0.05) is 48.5 Å². The molecule has 0 heterocycles. The molecule has 0 saturated heterocycles. The van der Waals surface area contributed by atoms with Crippen molar-refractivity contribution in [3.05, 3.63) is 59.7 Å². The second-order valence-electron chi connectivity index (χ2n) is 8.49. The molecule has 0 bridgehead atoms. The summed E-state index contributed by atoms with van der Waals surface area (Å²) in [6.45, 7) is 0.571. The molecule has 1 saturated carbocycles. The summed E-state index contributed by atoms with van der Waals surface area (Å²) in [6, 6.07) is 15.4. The lowest BCUT2D eigenvalue weighted by molar-refractivity contribution is -0.142. The molecule has 3 atom stereocenters. The number of amides is 2. The van der Waals surface area contributed by atoms with Crippen LogP contribution in [0.1, 0.15) is 29.9 Å². The van der Waals surface area contributed by atoms with Crippen LogP contribution in [0.4, 0.5) is 4.79 Å². The first-order valence-corrected chi connectivity index (χ1v) is 12.5. The fourth-order valence-corrected chi connectivity index (χ4v) is 4.90. The number of alkyl carbamates (subject to hydrolysis) is 1. The van der Waals surface area contributed by atoms with Crippen LogP contribution in [0.2, 0.25) is 0 Å². The van der Waals surface area contributed by atoms with Crippen molar-refractivity contribution in [2.24, 2.45) is 11.8 Å². The Morgan fingerprint density at radius 2 is 1.73 bits per heavy atom. The lowest BCUT2D eigenvalue weighted by Crippen LogP contribution is -2.42.